The number of rotatable bonds is 6. The number of nitrogens with zero attached hydrogens (tertiary/aromatic N) is 1. The lowest BCUT2D eigenvalue weighted by molar-refractivity contribution is -0.116. The van der Waals surface area contributed by atoms with Crippen LogP contribution in [0.2, 0.25) is 0 Å². The molecule has 0 fully saturated rings. The highest BCUT2D eigenvalue weighted by Gasteiger charge is 2.07. The molecular formula is C15H17ClN2OS. The second kappa shape index (κ2) is 7.41. The monoisotopic (exact) mass is 308 g/mol. The predicted molar refractivity (Wildman–Crippen MR) is 85.5 cm³/mol. The van der Waals surface area contributed by atoms with E-state index in [9.17, 15) is 4.79 Å². The molecule has 0 bridgehead atoms. The van der Waals surface area contributed by atoms with Gasteiger partial charge in [-0.1, -0.05) is 31.2 Å². The lowest BCUT2D eigenvalue weighted by atomic mass is 10.1. The van der Waals surface area contributed by atoms with Gasteiger partial charge in [0.05, 0.1) is 5.69 Å². The standard InChI is InChI=1S/C15H17ClN2OS/c1-2-11-5-7-12(8-6-11)13-10-20-15(17-13)18-14(19)4-3-9-16/h5-8,10H,2-4,9H2,1H3,(H,17,18,19). The second-order valence-corrected chi connectivity index (χ2v) is 5.67. The number of halogens is 1. The maximum Gasteiger partial charge on any atom is 0.226 e. The number of amides is 1. The van der Waals surface area contributed by atoms with Crippen LogP contribution in [-0.4, -0.2) is 16.8 Å². The fraction of sp³-hybridized carbons (Fsp3) is 0.333. The molecule has 1 heterocycles. The third-order valence-corrected chi connectivity index (χ3v) is 3.97. The number of carbonyl (C=O) groups excluding carboxylic acids is 1. The Morgan fingerprint density at radius 2 is 2.10 bits per heavy atom. The summed E-state index contributed by atoms with van der Waals surface area (Å²) in [6, 6.07) is 8.33. The summed E-state index contributed by atoms with van der Waals surface area (Å²) in [7, 11) is 0. The molecule has 5 heteroatoms. The van der Waals surface area contributed by atoms with Crippen LogP contribution in [0, 0.1) is 0 Å². The molecule has 1 aromatic carbocycles. The van der Waals surface area contributed by atoms with Crippen molar-refractivity contribution in [2.24, 2.45) is 0 Å². The van der Waals surface area contributed by atoms with Crippen molar-refractivity contribution < 1.29 is 4.79 Å². The van der Waals surface area contributed by atoms with Crippen LogP contribution in [0.3, 0.4) is 0 Å². The average molecular weight is 309 g/mol. The molecule has 1 amide bonds. The minimum absolute atomic E-state index is 0.0344. The smallest absolute Gasteiger partial charge is 0.226 e. The van der Waals surface area contributed by atoms with Gasteiger partial charge in [0.1, 0.15) is 0 Å². The number of benzene rings is 1. The molecule has 0 aliphatic rings. The molecule has 0 aliphatic carbocycles. The molecule has 20 heavy (non-hydrogen) atoms. The van der Waals surface area contributed by atoms with Crippen LogP contribution in [0.4, 0.5) is 5.13 Å². The van der Waals surface area contributed by atoms with E-state index in [2.05, 4.69) is 41.5 Å². The van der Waals surface area contributed by atoms with E-state index in [0.717, 1.165) is 17.7 Å². The van der Waals surface area contributed by atoms with Crippen LogP contribution in [0.25, 0.3) is 11.3 Å². The SMILES string of the molecule is CCc1ccc(-c2csc(NC(=O)CCCCl)n2)cc1. The molecule has 3 nitrogen and oxygen atoms in total. The van der Waals surface area contributed by atoms with Gasteiger partial charge in [-0.3, -0.25) is 4.79 Å². The van der Waals surface area contributed by atoms with E-state index in [1.54, 1.807) is 0 Å². The van der Waals surface area contributed by atoms with Gasteiger partial charge in [0.15, 0.2) is 5.13 Å². The molecule has 0 atom stereocenters. The number of hydrogen-bond acceptors (Lipinski definition) is 3. The normalized spacial score (nSPS) is 10.5. The highest BCUT2D eigenvalue weighted by molar-refractivity contribution is 7.14. The predicted octanol–water partition coefficient (Wildman–Crippen LogP) is 4.33. The van der Waals surface area contributed by atoms with Crippen molar-refractivity contribution in [1.29, 1.82) is 0 Å². The zero-order chi connectivity index (χ0) is 14.4. The third-order valence-electron chi connectivity index (χ3n) is 2.95. The molecular weight excluding hydrogens is 292 g/mol. The number of anilines is 1. The maximum absolute atomic E-state index is 11.6. The molecule has 0 unspecified atom stereocenters. The zero-order valence-corrected chi connectivity index (χ0v) is 12.9. The number of thiazole rings is 1. The Bertz CT molecular complexity index is 566. The molecule has 1 aromatic heterocycles. The highest BCUT2D eigenvalue weighted by Crippen LogP contribution is 2.25. The second-order valence-electron chi connectivity index (χ2n) is 4.43. The summed E-state index contributed by atoms with van der Waals surface area (Å²) >= 11 is 7.00. The minimum Gasteiger partial charge on any atom is -0.302 e. The number of aryl methyl sites for hydroxylation is 1. The van der Waals surface area contributed by atoms with E-state index in [0.29, 0.717) is 23.9 Å². The van der Waals surface area contributed by atoms with Crippen LogP contribution in [0.5, 0.6) is 0 Å². The number of carbonyl (C=O) groups is 1. The fourth-order valence-electron chi connectivity index (χ4n) is 1.78. The third kappa shape index (κ3) is 4.05. The molecule has 2 aromatic rings. The van der Waals surface area contributed by atoms with E-state index >= 15 is 0 Å². The summed E-state index contributed by atoms with van der Waals surface area (Å²) in [4.78, 5) is 16.0. The van der Waals surface area contributed by atoms with Gasteiger partial charge in [-0.15, -0.1) is 22.9 Å². The lowest BCUT2D eigenvalue weighted by Crippen LogP contribution is -2.10. The van der Waals surface area contributed by atoms with Crippen LogP contribution in [0.15, 0.2) is 29.6 Å². The maximum atomic E-state index is 11.6. The molecule has 0 aliphatic heterocycles. The van der Waals surface area contributed by atoms with Crippen molar-refractivity contribution in [3.63, 3.8) is 0 Å². The fourth-order valence-corrected chi connectivity index (χ4v) is 2.65. The largest absolute Gasteiger partial charge is 0.302 e. The van der Waals surface area contributed by atoms with Gasteiger partial charge in [-0.05, 0) is 18.4 Å². The van der Waals surface area contributed by atoms with Crippen molar-refractivity contribution >= 4 is 34.0 Å². The van der Waals surface area contributed by atoms with Gasteiger partial charge < -0.3 is 5.32 Å². The lowest BCUT2D eigenvalue weighted by Gasteiger charge is -2.00. The van der Waals surface area contributed by atoms with Crippen LogP contribution < -0.4 is 5.32 Å². The van der Waals surface area contributed by atoms with Gasteiger partial charge in [0.2, 0.25) is 5.91 Å². The Kier molecular flexibility index (Phi) is 5.56. The van der Waals surface area contributed by atoms with Crippen LogP contribution in [-0.2, 0) is 11.2 Å². The van der Waals surface area contributed by atoms with Crippen molar-refractivity contribution in [1.82, 2.24) is 4.98 Å². The van der Waals surface area contributed by atoms with Crippen molar-refractivity contribution in [3.05, 3.63) is 35.2 Å². The van der Waals surface area contributed by atoms with Crippen LogP contribution >= 0.6 is 22.9 Å². The number of aromatic nitrogens is 1. The summed E-state index contributed by atoms with van der Waals surface area (Å²) < 4.78 is 0. The van der Waals surface area contributed by atoms with E-state index in [4.69, 9.17) is 11.6 Å². The summed E-state index contributed by atoms with van der Waals surface area (Å²) in [5.74, 6) is 0.466. The summed E-state index contributed by atoms with van der Waals surface area (Å²) in [5, 5.41) is 5.39. The Morgan fingerprint density at radius 1 is 1.35 bits per heavy atom. The minimum atomic E-state index is -0.0344. The molecule has 0 spiro atoms. The molecule has 0 saturated heterocycles. The summed E-state index contributed by atoms with van der Waals surface area (Å²) in [6.07, 6.45) is 2.15. The number of hydrogen-bond donors (Lipinski definition) is 1. The van der Waals surface area contributed by atoms with E-state index in [1.165, 1.54) is 16.9 Å². The average Bonchev–Trinajstić information content (AvgIpc) is 2.93. The quantitative estimate of drug-likeness (QED) is 0.807. The van der Waals surface area contributed by atoms with Gasteiger partial charge in [0.25, 0.3) is 0 Å². The Balaban J connectivity index is 2.02. The van der Waals surface area contributed by atoms with Crippen molar-refractivity contribution in [2.75, 3.05) is 11.2 Å². The number of nitrogens with one attached hydrogen (secondary N) is 1. The van der Waals surface area contributed by atoms with Gasteiger partial charge in [-0.2, -0.15) is 0 Å². The summed E-state index contributed by atoms with van der Waals surface area (Å²) in [6.45, 7) is 2.13. The van der Waals surface area contributed by atoms with Gasteiger partial charge in [0, 0.05) is 23.2 Å². The number of alkyl halides is 1. The van der Waals surface area contributed by atoms with E-state index in [1.807, 2.05) is 5.38 Å². The highest BCUT2D eigenvalue weighted by atomic mass is 35.5. The molecule has 2 rings (SSSR count). The molecule has 1 N–H and O–H groups in total. The first kappa shape index (κ1) is 15.0. The van der Waals surface area contributed by atoms with E-state index < -0.39 is 0 Å². The van der Waals surface area contributed by atoms with E-state index in [-0.39, 0.29) is 5.91 Å². The summed E-state index contributed by atoms with van der Waals surface area (Å²) in [5.41, 5.74) is 3.27. The topological polar surface area (TPSA) is 42.0 Å². The molecule has 0 saturated carbocycles. The first-order chi connectivity index (χ1) is 9.72. The Labute approximate surface area is 128 Å². The van der Waals surface area contributed by atoms with Gasteiger partial charge >= 0.3 is 0 Å². The van der Waals surface area contributed by atoms with Crippen LogP contribution in [0.1, 0.15) is 25.3 Å². The first-order valence-electron chi connectivity index (χ1n) is 6.63. The van der Waals surface area contributed by atoms with Gasteiger partial charge in [-0.25, -0.2) is 4.98 Å². The Morgan fingerprint density at radius 3 is 2.75 bits per heavy atom. The zero-order valence-electron chi connectivity index (χ0n) is 11.4. The first-order valence-corrected chi connectivity index (χ1v) is 8.05. The molecule has 106 valence electrons. The van der Waals surface area contributed by atoms with Crippen molar-refractivity contribution in [3.8, 4) is 11.3 Å². The molecule has 0 radical (unpaired) electrons. The Hall–Kier alpha value is -1.39. The van der Waals surface area contributed by atoms with Crippen molar-refractivity contribution in [2.45, 2.75) is 26.2 Å².